The second-order valence-electron chi connectivity index (χ2n) is 4.39. The van der Waals surface area contributed by atoms with Gasteiger partial charge in [0.2, 0.25) is 0 Å². The summed E-state index contributed by atoms with van der Waals surface area (Å²) in [4.78, 5) is 0. The first-order chi connectivity index (χ1) is 8.67. The first-order valence-corrected chi connectivity index (χ1v) is 7.13. The van der Waals surface area contributed by atoms with Crippen molar-refractivity contribution in [2.24, 2.45) is 0 Å². The van der Waals surface area contributed by atoms with Crippen LogP contribution in [-0.2, 0) is 11.2 Å². The molecule has 0 aliphatic heterocycles. The zero-order valence-electron chi connectivity index (χ0n) is 11.0. The van der Waals surface area contributed by atoms with E-state index in [2.05, 4.69) is 28.2 Å². The summed E-state index contributed by atoms with van der Waals surface area (Å²) in [5, 5.41) is 3.50. The molecule has 1 aromatic carbocycles. The molecular formula is C14H21BrFNO. The first kappa shape index (κ1) is 15.6. The van der Waals surface area contributed by atoms with E-state index in [9.17, 15) is 4.39 Å². The van der Waals surface area contributed by atoms with Gasteiger partial charge in [0.15, 0.2) is 0 Å². The lowest BCUT2D eigenvalue weighted by Gasteiger charge is -2.18. The summed E-state index contributed by atoms with van der Waals surface area (Å²) in [5.41, 5.74) is 1.13. The zero-order chi connectivity index (χ0) is 13.4. The number of hydrogen-bond donors (Lipinski definition) is 1. The van der Waals surface area contributed by atoms with Gasteiger partial charge in [0.25, 0.3) is 0 Å². The Bertz CT molecular complexity index is 352. The largest absolute Gasteiger partial charge is 0.385 e. The van der Waals surface area contributed by atoms with Crippen molar-refractivity contribution in [3.63, 3.8) is 0 Å². The SMILES string of the molecule is CCCNC(CCOC)Cc1ccc(F)c(Br)c1. The van der Waals surface area contributed by atoms with Gasteiger partial charge in [0, 0.05) is 19.8 Å². The van der Waals surface area contributed by atoms with Gasteiger partial charge in [-0.15, -0.1) is 0 Å². The minimum absolute atomic E-state index is 0.214. The van der Waals surface area contributed by atoms with Crippen molar-refractivity contribution in [2.75, 3.05) is 20.3 Å². The van der Waals surface area contributed by atoms with Crippen molar-refractivity contribution in [2.45, 2.75) is 32.2 Å². The Kier molecular flexibility index (Phi) is 7.47. The molecule has 1 aromatic rings. The van der Waals surface area contributed by atoms with Gasteiger partial charge < -0.3 is 10.1 Å². The van der Waals surface area contributed by atoms with E-state index in [4.69, 9.17) is 4.74 Å². The summed E-state index contributed by atoms with van der Waals surface area (Å²) < 4.78 is 18.8. The summed E-state index contributed by atoms with van der Waals surface area (Å²) in [5.74, 6) is -0.214. The second-order valence-corrected chi connectivity index (χ2v) is 5.24. The van der Waals surface area contributed by atoms with E-state index in [1.54, 1.807) is 7.11 Å². The maximum absolute atomic E-state index is 13.2. The molecule has 0 heterocycles. The number of benzene rings is 1. The highest BCUT2D eigenvalue weighted by molar-refractivity contribution is 9.10. The van der Waals surface area contributed by atoms with Gasteiger partial charge in [-0.2, -0.15) is 0 Å². The highest BCUT2D eigenvalue weighted by Gasteiger charge is 2.10. The molecule has 0 aliphatic rings. The van der Waals surface area contributed by atoms with Gasteiger partial charge in [-0.3, -0.25) is 0 Å². The van der Waals surface area contributed by atoms with Crippen LogP contribution in [0, 0.1) is 5.82 Å². The second kappa shape index (κ2) is 8.62. The maximum atomic E-state index is 13.2. The number of rotatable bonds is 8. The Balaban J connectivity index is 2.59. The van der Waals surface area contributed by atoms with Crippen LogP contribution in [0.5, 0.6) is 0 Å². The number of hydrogen-bond acceptors (Lipinski definition) is 2. The third kappa shape index (κ3) is 5.46. The molecule has 2 nitrogen and oxygen atoms in total. The molecule has 0 saturated carbocycles. The molecule has 0 spiro atoms. The summed E-state index contributed by atoms with van der Waals surface area (Å²) in [6, 6.07) is 5.57. The number of methoxy groups -OCH3 is 1. The van der Waals surface area contributed by atoms with Crippen LogP contribution < -0.4 is 5.32 Å². The molecule has 0 radical (unpaired) electrons. The molecule has 0 bridgehead atoms. The van der Waals surface area contributed by atoms with E-state index >= 15 is 0 Å². The molecule has 1 unspecified atom stereocenters. The number of halogens is 2. The van der Waals surface area contributed by atoms with E-state index < -0.39 is 0 Å². The minimum atomic E-state index is -0.214. The van der Waals surface area contributed by atoms with E-state index in [0.717, 1.165) is 38.0 Å². The molecule has 4 heteroatoms. The lowest BCUT2D eigenvalue weighted by atomic mass is 10.0. The molecule has 102 valence electrons. The van der Waals surface area contributed by atoms with Crippen LogP contribution >= 0.6 is 15.9 Å². The van der Waals surface area contributed by atoms with Gasteiger partial charge in [-0.05, 0) is 59.4 Å². The van der Waals surface area contributed by atoms with Crippen molar-refractivity contribution in [3.05, 3.63) is 34.1 Å². The van der Waals surface area contributed by atoms with Crippen LogP contribution in [0.1, 0.15) is 25.3 Å². The Morgan fingerprint density at radius 1 is 1.44 bits per heavy atom. The Morgan fingerprint density at radius 2 is 2.22 bits per heavy atom. The van der Waals surface area contributed by atoms with Gasteiger partial charge in [-0.25, -0.2) is 4.39 Å². The third-order valence-electron chi connectivity index (χ3n) is 2.82. The Hall–Kier alpha value is -0.450. The molecule has 0 aromatic heterocycles. The van der Waals surface area contributed by atoms with Crippen molar-refractivity contribution in [1.29, 1.82) is 0 Å². The van der Waals surface area contributed by atoms with E-state index in [1.807, 2.05) is 12.1 Å². The number of ether oxygens (including phenoxy) is 1. The number of nitrogens with one attached hydrogen (secondary N) is 1. The van der Waals surface area contributed by atoms with Crippen LogP contribution in [0.25, 0.3) is 0 Å². The van der Waals surface area contributed by atoms with Crippen LogP contribution in [0.15, 0.2) is 22.7 Å². The Labute approximate surface area is 117 Å². The van der Waals surface area contributed by atoms with Crippen molar-refractivity contribution >= 4 is 15.9 Å². The summed E-state index contributed by atoms with van der Waals surface area (Å²) >= 11 is 3.22. The van der Waals surface area contributed by atoms with Gasteiger partial charge >= 0.3 is 0 Å². The predicted octanol–water partition coefficient (Wildman–Crippen LogP) is 3.54. The molecule has 1 atom stereocenters. The van der Waals surface area contributed by atoms with Crippen LogP contribution in [0.4, 0.5) is 4.39 Å². The van der Waals surface area contributed by atoms with Gasteiger partial charge in [0.1, 0.15) is 5.82 Å². The first-order valence-electron chi connectivity index (χ1n) is 6.33. The van der Waals surface area contributed by atoms with Crippen molar-refractivity contribution in [1.82, 2.24) is 5.32 Å². The quantitative estimate of drug-likeness (QED) is 0.792. The van der Waals surface area contributed by atoms with Crippen LogP contribution in [0.3, 0.4) is 0 Å². The summed E-state index contributed by atoms with van der Waals surface area (Å²) in [6.45, 7) is 3.88. The third-order valence-corrected chi connectivity index (χ3v) is 3.43. The average Bonchev–Trinajstić information content (AvgIpc) is 2.37. The lowest BCUT2D eigenvalue weighted by Crippen LogP contribution is -2.32. The summed E-state index contributed by atoms with van der Waals surface area (Å²) in [6.07, 6.45) is 2.96. The Morgan fingerprint density at radius 3 is 2.83 bits per heavy atom. The van der Waals surface area contributed by atoms with Gasteiger partial charge in [-0.1, -0.05) is 13.0 Å². The van der Waals surface area contributed by atoms with Crippen molar-refractivity contribution in [3.8, 4) is 0 Å². The molecule has 1 N–H and O–H groups in total. The highest BCUT2D eigenvalue weighted by atomic mass is 79.9. The average molecular weight is 318 g/mol. The smallest absolute Gasteiger partial charge is 0.137 e. The van der Waals surface area contributed by atoms with E-state index in [1.165, 1.54) is 6.07 Å². The molecule has 18 heavy (non-hydrogen) atoms. The van der Waals surface area contributed by atoms with Crippen molar-refractivity contribution < 1.29 is 9.13 Å². The summed E-state index contributed by atoms with van der Waals surface area (Å²) in [7, 11) is 1.71. The monoisotopic (exact) mass is 317 g/mol. The fourth-order valence-electron chi connectivity index (χ4n) is 1.84. The molecule has 0 aliphatic carbocycles. The molecule has 0 amide bonds. The lowest BCUT2D eigenvalue weighted by molar-refractivity contribution is 0.182. The zero-order valence-corrected chi connectivity index (χ0v) is 12.6. The maximum Gasteiger partial charge on any atom is 0.137 e. The minimum Gasteiger partial charge on any atom is -0.385 e. The van der Waals surface area contributed by atoms with E-state index in [-0.39, 0.29) is 5.82 Å². The fourth-order valence-corrected chi connectivity index (χ4v) is 2.26. The van der Waals surface area contributed by atoms with E-state index in [0.29, 0.717) is 10.5 Å². The highest BCUT2D eigenvalue weighted by Crippen LogP contribution is 2.18. The van der Waals surface area contributed by atoms with Crippen LogP contribution in [-0.4, -0.2) is 26.3 Å². The predicted molar refractivity (Wildman–Crippen MR) is 76.4 cm³/mol. The van der Waals surface area contributed by atoms with Gasteiger partial charge in [0.05, 0.1) is 4.47 Å². The fraction of sp³-hybridized carbons (Fsp3) is 0.571. The standard InChI is InChI=1S/C14H21BrFNO/c1-3-7-17-12(6-8-18-2)9-11-4-5-14(16)13(15)10-11/h4-5,10,12,17H,3,6-9H2,1-2H3. The van der Waals surface area contributed by atoms with Crippen LogP contribution in [0.2, 0.25) is 0 Å². The molecule has 0 saturated heterocycles. The normalized spacial score (nSPS) is 12.7. The molecule has 1 rings (SSSR count). The topological polar surface area (TPSA) is 21.3 Å². The molecular weight excluding hydrogens is 297 g/mol. The molecule has 0 fully saturated rings.